The molecule has 2 aromatic heterocycles. The van der Waals surface area contributed by atoms with Crippen LogP contribution in [0.2, 0.25) is 0 Å². The summed E-state index contributed by atoms with van der Waals surface area (Å²) >= 11 is 0. The maximum Gasteiger partial charge on any atom is 0.213 e. The maximum absolute atomic E-state index is 5.66. The molecule has 8 heteroatoms. The third kappa shape index (κ3) is 5.44. The van der Waals surface area contributed by atoms with E-state index in [0.717, 1.165) is 49.4 Å². The van der Waals surface area contributed by atoms with Crippen molar-refractivity contribution in [2.24, 2.45) is 10.9 Å². The van der Waals surface area contributed by atoms with E-state index < -0.39 is 0 Å². The zero-order valence-electron chi connectivity index (χ0n) is 15.5. The van der Waals surface area contributed by atoms with Gasteiger partial charge in [0.05, 0.1) is 6.61 Å². The molecule has 0 atom stereocenters. The lowest BCUT2D eigenvalue weighted by Crippen LogP contribution is -2.38. The first-order valence-electron chi connectivity index (χ1n) is 9.17. The van der Waals surface area contributed by atoms with Gasteiger partial charge in [0.15, 0.2) is 5.96 Å². The van der Waals surface area contributed by atoms with Crippen LogP contribution in [-0.2, 0) is 19.5 Å². The van der Waals surface area contributed by atoms with Gasteiger partial charge in [-0.05, 0) is 24.3 Å². The van der Waals surface area contributed by atoms with Crippen molar-refractivity contribution in [3.8, 4) is 5.88 Å². The highest BCUT2D eigenvalue weighted by Crippen LogP contribution is 2.29. The van der Waals surface area contributed by atoms with E-state index >= 15 is 0 Å². The van der Waals surface area contributed by atoms with Crippen LogP contribution < -0.4 is 15.4 Å². The van der Waals surface area contributed by atoms with Gasteiger partial charge in [0, 0.05) is 45.4 Å². The molecular weight excluding hydrogens is 330 g/mol. The van der Waals surface area contributed by atoms with Gasteiger partial charge < -0.3 is 19.9 Å². The van der Waals surface area contributed by atoms with Crippen molar-refractivity contribution in [1.82, 2.24) is 30.4 Å². The Balaban J connectivity index is 1.39. The molecule has 140 valence electrons. The summed E-state index contributed by atoms with van der Waals surface area (Å²) in [4.78, 5) is 8.60. The van der Waals surface area contributed by atoms with Crippen LogP contribution in [0.5, 0.6) is 5.88 Å². The Morgan fingerprint density at radius 1 is 1.35 bits per heavy atom. The molecule has 2 aromatic rings. The Morgan fingerprint density at radius 3 is 2.92 bits per heavy atom. The summed E-state index contributed by atoms with van der Waals surface area (Å²) in [7, 11) is 1.76. The monoisotopic (exact) mass is 357 g/mol. The van der Waals surface area contributed by atoms with E-state index in [2.05, 4.69) is 37.7 Å². The molecule has 2 heterocycles. The Labute approximate surface area is 154 Å². The SMILES string of the molecule is CCc1nncn1CCNC(=NC)NCc1ccc(OCC2CC2)nc1. The number of nitrogens with zero attached hydrogens (tertiary/aromatic N) is 5. The van der Waals surface area contributed by atoms with Crippen LogP contribution in [0.15, 0.2) is 29.6 Å². The van der Waals surface area contributed by atoms with Gasteiger partial charge in [-0.15, -0.1) is 10.2 Å². The number of guanidine groups is 1. The van der Waals surface area contributed by atoms with Crippen LogP contribution in [0.3, 0.4) is 0 Å². The first kappa shape index (κ1) is 18.2. The number of aromatic nitrogens is 4. The summed E-state index contributed by atoms with van der Waals surface area (Å²) in [6, 6.07) is 3.95. The molecule has 1 fully saturated rings. The topological polar surface area (TPSA) is 89.2 Å². The fraction of sp³-hybridized carbons (Fsp3) is 0.556. The number of pyridine rings is 1. The largest absolute Gasteiger partial charge is 0.477 e. The van der Waals surface area contributed by atoms with E-state index in [9.17, 15) is 0 Å². The molecule has 0 spiro atoms. The first-order chi connectivity index (χ1) is 12.8. The Hall–Kier alpha value is -2.64. The molecule has 26 heavy (non-hydrogen) atoms. The van der Waals surface area contributed by atoms with Gasteiger partial charge in [-0.2, -0.15) is 0 Å². The van der Waals surface area contributed by atoms with Crippen molar-refractivity contribution in [1.29, 1.82) is 0 Å². The molecule has 0 bridgehead atoms. The predicted molar refractivity (Wildman–Crippen MR) is 100 cm³/mol. The molecule has 0 radical (unpaired) electrons. The highest BCUT2D eigenvalue weighted by Gasteiger charge is 2.22. The van der Waals surface area contributed by atoms with E-state index in [0.29, 0.717) is 12.4 Å². The average Bonchev–Trinajstić information content (AvgIpc) is 3.40. The molecule has 2 N–H and O–H groups in total. The number of ether oxygens (including phenoxy) is 1. The smallest absolute Gasteiger partial charge is 0.213 e. The minimum atomic E-state index is 0.655. The minimum Gasteiger partial charge on any atom is -0.477 e. The second-order valence-electron chi connectivity index (χ2n) is 6.41. The van der Waals surface area contributed by atoms with Crippen LogP contribution in [0, 0.1) is 5.92 Å². The molecule has 1 aliphatic carbocycles. The van der Waals surface area contributed by atoms with Crippen LogP contribution in [0.25, 0.3) is 0 Å². The highest BCUT2D eigenvalue weighted by molar-refractivity contribution is 5.79. The molecule has 1 saturated carbocycles. The van der Waals surface area contributed by atoms with Gasteiger partial charge in [-0.25, -0.2) is 4.98 Å². The highest BCUT2D eigenvalue weighted by atomic mass is 16.5. The van der Waals surface area contributed by atoms with Gasteiger partial charge in [0.1, 0.15) is 12.2 Å². The number of hydrogen-bond donors (Lipinski definition) is 2. The summed E-state index contributed by atoms with van der Waals surface area (Å²) in [5.74, 6) is 3.18. The molecule has 0 aromatic carbocycles. The first-order valence-corrected chi connectivity index (χ1v) is 9.17. The maximum atomic E-state index is 5.66. The van der Waals surface area contributed by atoms with Crippen LogP contribution in [0.4, 0.5) is 0 Å². The molecule has 0 amide bonds. The summed E-state index contributed by atoms with van der Waals surface area (Å²) in [6.45, 7) is 5.06. The fourth-order valence-corrected chi connectivity index (χ4v) is 2.53. The van der Waals surface area contributed by atoms with Crippen molar-refractivity contribution >= 4 is 5.96 Å². The van der Waals surface area contributed by atoms with Crippen LogP contribution >= 0.6 is 0 Å². The standard InChI is InChI=1S/C18H27N7O/c1-3-16-24-23-13-25(16)9-8-20-18(19-2)22-11-15-6-7-17(21-10-15)26-12-14-4-5-14/h6-7,10,13-14H,3-5,8-9,11-12H2,1-2H3,(H2,19,20,22). The van der Waals surface area contributed by atoms with Crippen molar-refractivity contribution in [2.45, 2.75) is 39.3 Å². The fourth-order valence-electron chi connectivity index (χ4n) is 2.53. The molecular formula is C18H27N7O. The molecule has 0 saturated heterocycles. The second-order valence-corrected chi connectivity index (χ2v) is 6.41. The Bertz CT molecular complexity index is 707. The third-order valence-corrected chi connectivity index (χ3v) is 4.30. The molecule has 0 aliphatic heterocycles. The predicted octanol–water partition coefficient (Wildman–Crippen LogP) is 1.39. The van der Waals surface area contributed by atoms with Crippen molar-refractivity contribution < 1.29 is 4.74 Å². The second kappa shape index (κ2) is 9.17. The van der Waals surface area contributed by atoms with Gasteiger partial charge in [0.25, 0.3) is 0 Å². The molecule has 0 unspecified atom stereocenters. The normalized spacial score (nSPS) is 14.3. The number of aryl methyl sites for hydroxylation is 1. The van der Waals surface area contributed by atoms with E-state index in [1.807, 2.05) is 22.9 Å². The quantitative estimate of drug-likeness (QED) is 0.521. The third-order valence-electron chi connectivity index (χ3n) is 4.30. The number of nitrogens with one attached hydrogen (secondary N) is 2. The van der Waals surface area contributed by atoms with E-state index in [1.54, 1.807) is 13.4 Å². The zero-order chi connectivity index (χ0) is 18.2. The summed E-state index contributed by atoms with van der Waals surface area (Å²) in [5, 5.41) is 14.6. The van der Waals surface area contributed by atoms with Gasteiger partial charge >= 0.3 is 0 Å². The minimum absolute atomic E-state index is 0.655. The number of rotatable bonds is 9. The lowest BCUT2D eigenvalue weighted by atomic mass is 10.3. The van der Waals surface area contributed by atoms with Crippen LogP contribution in [-0.4, -0.2) is 45.9 Å². The van der Waals surface area contributed by atoms with Crippen LogP contribution in [0.1, 0.15) is 31.2 Å². The molecule has 8 nitrogen and oxygen atoms in total. The van der Waals surface area contributed by atoms with E-state index in [-0.39, 0.29) is 0 Å². The van der Waals surface area contributed by atoms with Gasteiger partial charge in [0.2, 0.25) is 5.88 Å². The lowest BCUT2D eigenvalue weighted by molar-refractivity contribution is 0.288. The summed E-state index contributed by atoms with van der Waals surface area (Å²) in [6.07, 6.45) is 7.04. The zero-order valence-corrected chi connectivity index (χ0v) is 15.5. The number of aliphatic imine (C=N–C) groups is 1. The van der Waals surface area contributed by atoms with Gasteiger partial charge in [-0.1, -0.05) is 13.0 Å². The lowest BCUT2D eigenvalue weighted by Gasteiger charge is -2.13. The van der Waals surface area contributed by atoms with E-state index in [4.69, 9.17) is 4.74 Å². The molecule has 1 aliphatic rings. The summed E-state index contributed by atoms with van der Waals surface area (Å²) < 4.78 is 7.71. The Kier molecular flexibility index (Phi) is 6.40. The summed E-state index contributed by atoms with van der Waals surface area (Å²) in [5.41, 5.74) is 1.08. The number of hydrogen-bond acceptors (Lipinski definition) is 5. The van der Waals surface area contributed by atoms with Gasteiger partial charge in [-0.3, -0.25) is 4.99 Å². The van der Waals surface area contributed by atoms with Crippen molar-refractivity contribution in [3.05, 3.63) is 36.0 Å². The average molecular weight is 357 g/mol. The van der Waals surface area contributed by atoms with E-state index in [1.165, 1.54) is 12.8 Å². The van der Waals surface area contributed by atoms with Crippen molar-refractivity contribution in [2.75, 3.05) is 20.2 Å². The van der Waals surface area contributed by atoms with Crippen molar-refractivity contribution in [3.63, 3.8) is 0 Å². The molecule has 3 rings (SSSR count). The Morgan fingerprint density at radius 2 is 2.23 bits per heavy atom.